The van der Waals surface area contributed by atoms with E-state index in [1.165, 1.54) is 24.4 Å². The number of pyridine rings is 1. The van der Waals surface area contributed by atoms with Gasteiger partial charge >= 0.3 is 0 Å². The van der Waals surface area contributed by atoms with Gasteiger partial charge in [0.1, 0.15) is 17.3 Å². The number of aromatic nitrogens is 1. The summed E-state index contributed by atoms with van der Waals surface area (Å²) >= 11 is 5.75. The molecule has 0 radical (unpaired) electrons. The first kappa shape index (κ1) is 11.7. The molecule has 0 spiro atoms. The standard InChI is InChI=1S/C12H6ClF2NO/c13-7-3-2-6-16-11(7)12(17)10-8(14)4-1-5-9(10)15/h1-6H. The highest BCUT2D eigenvalue weighted by molar-refractivity contribution is 6.34. The van der Waals surface area contributed by atoms with E-state index in [0.29, 0.717) is 0 Å². The van der Waals surface area contributed by atoms with Crippen LogP contribution in [0.4, 0.5) is 8.78 Å². The van der Waals surface area contributed by atoms with Gasteiger partial charge in [0.2, 0.25) is 5.78 Å². The van der Waals surface area contributed by atoms with Crippen LogP contribution < -0.4 is 0 Å². The molecule has 0 saturated carbocycles. The maximum Gasteiger partial charge on any atom is 0.218 e. The van der Waals surface area contributed by atoms with E-state index in [2.05, 4.69) is 4.98 Å². The van der Waals surface area contributed by atoms with Crippen molar-refractivity contribution in [2.75, 3.05) is 0 Å². The molecular formula is C12H6ClF2NO. The number of nitrogens with zero attached hydrogens (tertiary/aromatic N) is 1. The number of benzene rings is 1. The predicted molar refractivity (Wildman–Crippen MR) is 59.0 cm³/mol. The molecule has 17 heavy (non-hydrogen) atoms. The topological polar surface area (TPSA) is 30.0 Å². The van der Waals surface area contributed by atoms with Gasteiger partial charge in [-0.3, -0.25) is 9.78 Å². The Morgan fingerprint density at radius 1 is 1.12 bits per heavy atom. The Morgan fingerprint density at radius 2 is 1.76 bits per heavy atom. The Bertz CT molecular complexity index is 566. The van der Waals surface area contributed by atoms with Gasteiger partial charge < -0.3 is 0 Å². The highest BCUT2D eigenvalue weighted by Gasteiger charge is 2.21. The van der Waals surface area contributed by atoms with E-state index in [9.17, 15) is 13.6 Å². The summed E-state index contributed by atoms with van der Waals surface area (Å²) in [7, 11) is 0. The number of hydrogen-bond donors (Lipinski definition) is 0. The van der Waals surface area contributed by atoms with Gasteiger partial charge in [-0.15, -0.1) is 0 Å². The second kappa shape index (κ2) is 4.59. The summed E-state index contributed by atoms with van der Waals surface area (Å²) in [6.07, 6.45) is 1.33. The molecule has 86 valence electrons. The minimum atomic E-state index is -0.934. The maximum atomic E-state index is 13.4. The first-order valence-electron chi connectivity index (χ1n) is 4.70. The van der Waals surface area contributed by atoms with Crippen LogP contribution in [0.25, 0.3) is 0 Å². The highest BCUT2D eigenvalue weighted by Crippen LogP contribution is 2.20. The van der Waals surface area contributed by atoms with Crippen molar-refractivity contribution in [3.63, 3.8) is 0 Å². The van der Waals surface area contributed by atoms with Gasteiger partial charge in [0, 0.05) is 6.20 Å². The lowest BCUT2D eigenvalue weighted by atomic mass is 10.1. The van der Waals surface area contributed by atoms with Crippen molar-refractivity contribution in [3.05, 3.63) is 64.4 Å². The van der Waals surface area contributed by atoms with Crippen LogP contribution in [0.3, 0.4) is 0 Å². The van der Waals surface area contributed by atoms with Gasteiger partial charge in [-0.1, -0.05) is 17.7 Å². The number of halogens is 3. The minimum absolute atomic E-state index is 0.0557. The third-order valence-corrected chi connectivity index (χ3v) is 2.47. The van der Waals surface area contributed by atoms with Crippen LogP contribution in [-0.4, -0.2) is 10.8 Å². The molecule has 0 atom stereocenters. The predicted octanol–water partition coefficient (Wildman–Crippen LogP) is 3.24. The summed E-state index contributed by atoms with van der Waals surface area (Å²) in [5.41, 5.74) is -0.814. The largest absolute Gasteiger partial charge is 0.287 e. The normalized spacial score (nSPS) is 10.3. The van der Waals surface area contributed by atoms with Gasteiger partial charge in [-0.25, -0.2) is 8.78 Å². The second-order valence-electron chi connectivity index (χ2n) is 3.26. The summed E-state index contributed by atoms with van der Waals surface area (Å²) < 4.78 is 26.8. The van der Waals surface area contributed by atoms with E-state index in [4.69, 9.17) is 11.6 Å². The minimum Gasteiger partial charge on any atom is -0.287 e. The van der Waals surface area contributed by atoms with Crippen molar-refractivity contribution >= 4 is 17.4 Å². The van der Waals surface area contributed by atoms with Gasteiger partial charge in [0.25, 0.3) is 0 Å². The molecule has 1 aromatic heterocycles. The first-order chi connectivity index (χ1) is 8.11. The summed E-state index contributed by atoms with van der Waals surface area (Å²) in [6, 6.07) is 6.15. The molecule has 2 nitrogen and oxygen atoms in total. The van der Waals surface area contributed by atoms with E-state index < -0.39 is 23.0 Å². The number of rotatable bonds is 2. The second-order valence-corrected chi connectivity index (χ2v) is 3.67. The van der Waals surface area contributed by atoms with Gasteiger partial charge in [0.15, 0.2) is 0 Å². The first-order valence-corrected chi connectivity index (χ1v) is 5.08. The third kappa shape index (κ3) is 2.17. The van der Waals surface area contributed by atoms with Crippen molar-refractivity contribution in [2.45, 2.75) is 0 Å². The Kier molecular flexibility index (Phi) is 3.15. The molecule has 1 aromatic carbocycles. The van der Waals surface area contributed by atoms with Crippen molar-refractivity contribution in [1.29, 1.82) is 0 Å². The Labute approximate surface area is 101 Å². The van der Waals surface area contributed by atoms with E-state index in [-0.39, 0.29) is 10.7 Å². The Morgan fingerprint density at radius 3 is 2.35 bits per heavy atom. The average molecular weight is 254 g/mol. The van der Waals surface area contributed by atoms with Crippen LogP contribution in [0.5, 0.6) is 0 Å². The molecule has 5 heteroatoms. The van der Waals surface area contributed by atoms with Crippen molar-refractivity contribution in [3.8, 4) is 0 Å². The van der Waals surface area contributed by atoms with Crippen LogP contribution >= 0.6 is 11.6 Å². The average Bonchev–Trinajstić information content (AvgIpc) is 2.29. The maximum absolute atomic E-state index is 13.4. The van der Waals surface area contributed by atoms with Crippen molar-refractivity contribution < 1.29 is 13.6 Å². The quantitative estimate of drug-likeness (QED) is 0.769. The molecule has 0 bridgehead atoms. The fourth-order valence-electron chi connectivity index (χ4n) is 1.39. The van der Waals surface area contributed by atoms with Crippen LogP contribution in [0.2, 0.25) is 5.02 Å². The molecule has 0 fully saturated rings. The molecule has 0 aliphatic rings. The van der Waals surface area contributed by atoms with Crippen molar-refractivity contribution in [2.24, 2.45) is 0 Å². The molecule has 2 aromatic rings. The lowest BCUT2D eigenvalue weighted by molar-refractivity contribution is 0.102. The molecule has 0 aliphatic heterocycles. The van der Waals surface area contributed by atoms with E-state index in [1.807, 2.05) is 0 Å². The van der Waals surface area contributed by atoms with E-state index in [0.717, 1.165) is 12.1 Å². The molecule has 0 amide bonds. The molecule has 1 heterocycles. The fraction of sp³-hybridized carbons (Fsp3) is 0. The third-order valence-electron chi connectivity index (χ3n) is 2.16. The Hall–Kier alpha value is -1.81. The van der Waals surface area contributed by atoms with Crippen LogP contribution in [0.15, 0.2) is 36.5 Å². The van der Waals surface area contributed by atoms with Gasteiger partial charge in [-0.05, 0) is 24.3 Å². The molecular weight excluding hydrogens is 248 g/mol. The number of carbonyl (C=O) groups is 1. The number of carbonyl (C=O) groups excluding carboxylic acids is 1. The molecule has 0 saturated heterocycles. The Balaban J connectivity index is 2.56. The van der Waals surface area contributed by atoms with Crippen LogP contribution in [0.1, 0.15) is 16.1 Å². The summed E-state index contributed by atoms with van der Waals surface area (Å²) in [4.78, 5) is 15.6. The van der Waals surface area contributed by atoms with E-state index in [1.54, 1.807) is 0 Å². The monoisotopic (exact) mass is 253 g/mol. The zero-order chi connectivity index (χ0) is 12.4. The summed E-state index contributed by atoms with van der Waals surface area (Å²) in [6.45, 7) is 0. The number of hydrogen-bond acceptors (Lipinski definition) is 2. The number of ketones is 1. The van der Waals surface area contributed by atoms with Crippen LogP contribution in [-0.2, 0) is 0 Å². The molecule has 2 rings (SSSR count). The lowest BCUT2D eigenvalue weighted by Crippen LogP contribution is -2.09. The molecule has 0 unspecified atom stereocenters. The zero-order valence-electron chi connectivity index (χ0n) is 8.45. The van der Waals surface area contributed by atoms with Gasteiger partial charge in [0.05, 0.1) is 10.6 Å². The summed E-state index contributed by atoms with van der Waals surface area (Å²) in [5, 5.41) is 0.0557. The lowest BCUT2D eigenvalue weighted by Gasteiger charge is -2.04. The zero-order valence-corrected chi connectivity index (χ0v) is 9.21. The van der Waals surface area contributed by atoms with E-state index >= 15 is 0 Å². The summed E-state index contributed by atoms with van der Waals surface area (Å²) in [5.74, 6) is -2.74. The highest BCUT2D eigenvalue weighted by atomic mass is 35.5. The van der Waals surface area contributed by atoms with Crippen LogP contribution in [0, 0.1) is 11.6 Å². The smallest absolute Gasteiger partial charge is 0.218 e. The molecule has 0 N–H and O–H groups in total. The van der Waals surface area contributed by atoms with Gasteiger partial charge in [-0.2, -0.15) is 0 Å². The SMILES string of the molecule is O=C(c1ncccc1Cl)c1c(F)cccc1F. The van der Waals surface area contributed by atoms with Crippen molar-refractivity contribution in [1.82, 2.24) is 4.98 Å². The molecule has 0 aliphatic carbocycles. The fourth-order valence-corrected chi connectivity index (χ4v) is 1.59.